The maximum absolute atomic E-state index is 12.1. The van der Waals surface area contributed by atoms with E-state index in [1.54, 1.807) is 11.3 Å². The van der Waals surface area contributed by atoms with E-state index >= 15 is 0 Å². The Kier molecular flexibility index (Phi) is 4.88. The molecular weight excluding hydrogens is 254 g/mol. The molecular formula is C16H19NOS. The third-order valence-corrected chi connectivity index (χ3v) is 4.22. The van der Waals surface area contributed by atoms with Crippen molar-refractivity contribution in [3.8, 4) is 0 Å². The van der Waals surface area contributed by atoms with Gasteiger partial charge in [0.15, 0.2) is 5.78 Å². The number of ketones is 1. The lowest BCUT2D eigenvalue weighted by atomic mass is 10.1. The molecule has 2 aromatic rings. The summed E-state index contributed by atoms with van der Waals surface area (Å²) in [6.07, 6.45) is 0.996. The summed E-state index contributed by atoms with van der Waals surface area (Å²) in [4.78, 5) is 15.6. The van der Waals surface area contributed by atoms with Crippen LogP contribution in [0, 0.1) is 0 Å². The van der Waals surface area contributed by atoms with Gasteiger partial charge in [-0.05, 0) is 31.8 Å². The monoisotopic (exact) mass is 273 g/mol. The van der Waals surface area contributed by atoms with E-state index in [0.29, 0.717) is 12.6 Å². The number of carbonyl (C=O) groups is 1. The van der Waals surface area contributed by atoms with Crippen LogP contribution in [0.5, 0.6) is 0 Å². The van der Waals surface area contributed by atoms with Crippen LogP contribution in [0.15, 0.2) is 47.8 Å². The summed E-state index contributed by atoms with van der Waals surface area (Å²) in [6.45, 7) is 2.63. The maximum atomic E-state index is 12.1. The molecule has 0 N–H and O–H groups in total. The predicted octanol–water partition coefficient (Wildman–Crippen LogP) is 3.49. The highest BCUT2D eigenvalue weighted by atomic mass is 32.1. The van der Waals surface area contributed by atoms with E-state index < -0.39 is 0 Å². The van der Waals surface area contributed by atoms with Crippen LogP contribution in [0.2, 0.25) is 0 Å². The molecule has 2 rings (SSSR count). The third kappa shape index (κ3) is 4.01. The number of hydrogen-bond donors (Lipinski definition) is 0. The van der Waals surface area contributed by atoms with Gasteiger partial charge in [-0.3, -0.25) is 9.69 Å². The lowest BCUT2D eigenvalue weighted by Gasteiger charge is -2.23. The van der Waals surface area contributed by atoms with Gasteiger partial charge < -0.3 is 0 Å². The smallest absolute Gasteiger partial charge is 0.176 e. The lowest BCUT2D eigenvalue weighted by Crippen LogP contribution is -2.35. The average molecular weight is 273 g/mol. The van der Waals surface area contributed by atoms with Crippen LogP contribution in [0.3, 0.4) is 0 Å². The summed E-state index contributed by atoms with van der Waals surface area (Å²) >= 11 is 1.77. The van der Waals surface area contributed by atoms with Crippen LogP contribution >= 0.6 is 11.3 Å². The van der Waals surface area contributed by atoms with Gasteiger partial charge in [0, 0.05) is 16.5 Å². The fourth-order valence-electron chi connectivity index (χ4n) is 1.97. The Labute approximate surface area is 118 Å². The fraction of sp³-hybridized carbons (Fsp3) is 0.312. The van der Waals surface area contributed by atoms with Gasteiger partial charge >= 0.3 is 0 Å². The molecule has 0 saturated carbocycles. The summed E-state index contributed by atoms with van der Waals surface area (Å²) in [5.41, 5.74) is 0.790. The first kappa shape index (κ1) is 14.0. The molecule has 2 nitrogen and oxygen atoms in total. The highest BCUT2D eigenvalue weighted by Gasteiger charge is 2.15. The van der Waals surface area contributed by atoms with Crippen molar-refractivity contribution >= 4 is 17.1 Å². The molecule has 1 aromatic carbocycles. The van der Waals surface area contributed by atoms with Crippen LogP contribution in [0.4, 0.5) is 0 Å². The Morgan fingerprint density at radius 2 is 1.95 bits per heavy atom. The minimum atomic E-state index is 0.182. The van der Waals surface area contributed by atoms with E-state index in [1.165, 1.54) is 4.88 Å². The molecule has 0 spiro atoms. The van der Waals surface area contributed by atoms with Crippen LogP contribution in [0.25, 0.3) is 0 Å². The molecule has 100 valence electrons. The van der Waals surface area contributed by atoms with E-state index in [1.807, 2.05) is 37.4 Å². The highest BCUT2D eigenvalue weighted by molar-refractivity contribution is 7.09. The number of likely N-dealkylation sites (N-methyl/N-ethyl adjacent to an activating group) is 1. The zero-order valence-corrected chi connectivity index (χ0v) is 12.2. The number of rotatable bonds is 6. The first-order valence-electron chi connectivity index (χ1n) is 6.47. The number of thiophene rings is 1. The van der Waals surface area contributed by atoms with Crippen molar-refractivity contribution < 1.29 is 4.79 Å². The van der Waals surface area contributed by atoms with Gasteiger partial charge in [-0.25, -0.2) is 0 Å². The molecule has 3 heteroatoms. The Bertz CT molecular complexity index is 507. The second kappa shape index (κ2) is 6.64. The number of Topliss-reactive ketones (excluding diaryl/α,β-unsaturated/α-hetero) is 1. The quantitative estimate of drug-likeness (QED) is 0.751. The molecule has 1 unspecified atom stereocenters. The van der Waals surface area contributed by atoms with Crippen molar-refractivity contribution in [3.05, 3.63) is 58.3 Å². The fourth-order valence-corrected chi connectivity index (χ4v) is 2.80. The molecule has 0 aliphatic heterocycles. The molecule has 1 heterocycles. The maximum Gasteiger partial charge on any atom is 0.176 e. The summed E-state index contributed by atoms with van der Waals surface area (Å²) in [7, 11) is 2.01. The molecule has 0 aliphatic carbocycles. The van der Waals surface area contributed by atoms with Gasteiger partial charge in [0.05, 0.1) is 6.54 Å². The van der Waals surface area contributed by atoms with E-state index in [9.17, 15) is 4.79 Å². The number of nitrogens with zero attached hydrogens (tertiary/aromatic N) is 1. The first-order valence-corrected chi connectivity index (χ1v) is 7.35. The van der Waals surface area contributed by atoms with Gasteiger partial charge in [0.2, 0.25) is 0 Å². The Morgan fingerprint density at radius 3 is 2.58 bits per heavy atom. The molecule has 0 radical (unpaired) electrons. The van der Waals surface area contributed by atoms with Crippen molar-refractivity contribution in [2.75, 3.05) is 13.6 Å². The first-order chi connectivity index (χ1) is 9.16. The summed E-state index contributed by atoms with van der Waals surface area (Å²) < 4.78 is 0. The van der Waals surface area contributed by atoms with Gasteiger partial charge in [0.1, 0.15) is 0 Å². The molecule has 1 aromatic heterocycles. The van der Waals surface area contributed by atoms with E-state index in [4.69, 9.17) is 0 Å². The molecule has 1 atom stereocenters. The largest absolute Gasteiger partial charge is 0.296 e. The molecule has 19 heavy (non-hydrogen) atoms. The SMILES string of the molecule is CC(Cc1cccs1)N(C)CC(=O)c1ccccc1. The normalized spacial score (nSPS) is 12.6. The van der Waals surface area contributed by atoms with Gasteiger partial charge in [-0.2, -0.15) is 0 Å². The number of hydrogen-bond acceptors (Lipinski definition) is 3. The van der Waals surface area contributed by atoms with Crippen molar-refractivity contribution in [1.82, 2.24) is 4.90 Å². The second-order valence-electron chi connectivity index (χ2n) is 4.84. The van der Waals surface area contributed by atoms with Crippen LogP contribution < -0.4 is 0 Å². The summed E-state index contributed by atoms with van der Waals surface area (Å²) in [5, 5.41) is 2.09. The minimum absolute atomic E-state index is 0.182. The highest BCUT2D eigenvalue weighted by Crippen LogP contribution is 2.14. The Hall–Kier alpha value is -1.45. The molecule has 0 fully saturated rings. The lowest BCUT2D eigenvalue weighted by molar-refractivity contribution is 0.0924. The van der Waals surface area contributed by atoms with Gasteiger partial charge in [-0.1, -0.05) is 36.4 Å². The zero-order valence-electron chi connectivity index (χ0n) is 11.4. The number of carbonyl (C=O) groups excluding carboxylic acids is 1. The standard InChI is InChI=1S/C16H19NOS/c1-13(11-15-9-6-10-19-15)17(2)12-16(18)14-7-4-3-5-8-14/h3-10,13H,11-12H2,1-2H3. The zero-order chi connectivity index (χ0) is 13.7. The predicted molar refractivity (Wildman–Crippen MR) is 80.9 cm³/mol. The Morgan fingerprint density at radius 1 is 1.21 bits per heavy atom. The molecule has 0 amide bonds. The average Bonchev–Trinajstić information content (AvgIpc) is 2.92. The Balaban J connectivity index is 1.90. The molecule has 0 bridgehead atoms. The summed E-state index contributed by atoms with van der Waals surface area (Å²) in [6, 6.07) is 14.1. The molecule has 0 saturated heterocycles. The number of benzene rings is 1. The third-order valence-electron chi connectivity index (χ3n) is 3.32. The van der Waals surface area contributed by atoms with Crippen LogP contribution in [-0.2, 0) is 6.42 Å². The van der Waals surface area contributed by atoms with Crippen molar-refractivity contribution in [2.45, 2.75) is 19.4 Å². The van der Waals surface area contributed by atoms with E-state index in [0.717, 1.165) is 12.0 Å². The van der Waals surface area contributed by atoms with Gasteiger partial charge in [-0.15, -0.1) is 11.3 Å². The topological polar surface area (TPSA) is 20.3 Å². The second-order valence-corrected chi connectivity index (χ2v) is 5.87. The van der Waals surface area contributed by atoms with Crippen molar-refractivity contribution in [2.24, 2.45) is 0 Å². The van der Waals surface area contributed by atoms with E-state index in [2.05, 4.69) is 29.3 Å². The molecule has 0 aliphatic rings. The minimum Gasteiger partial charge on any atom is -0.296 e. The van der Waals surface area contributed by atoms with Gasteiger partial charge in [0.25, 0.3) is 0 Å². The van der Waals surface area contributed by atoms with Crippen LogP contribution in [-0.4, -0.2) is 30.3 Å². The summed E-state index contributed by atoms with van der Waals surface area (Å²) in [5.74, 6) is 0.182. The van der Waals surface area contributed by atoms with Crippen LogP contribution in [0.1, 0.15) is 22.2 Å². The van der Waals surface area contributed by atoms with Crippen molar-refractivity contribution in [3.63, 3.8) is 0 Å². The van der Waals surface area contributed by atoms with Crippen molar-refractivity contribution in [1.29, 1.82) is 0 Å². The van der Waals surface area contributed by atoms with E-state index in [-0.39, 0.29) is 5.78 Å².